The lowest BCUT2D eigenvalue weighted by Crippen LogP contribution is -2.35. The van der Waals surface area contributed by atoms with Gasteiger partial charge in [0, 0.05) is 18.2 Å². The van der Waals surface area contributed by atoms with Gasteiger partial charge in [-0.2, -0.15) is 0 Å². The molecule has 0 spiro atoms. The van der Waals surface area contributed by atoms with Gasteiger partial charge < -0.3 is 5.11 Å². The predicted octanol–water partition coefficient (Wildman–Crippen LogP) is 2.43. The van der Waals surface area contributed by atoms with Crippen molar-refractivity contribution >= 4 is 5.97 Å². The van der Waals surface area contributed by atoms with Gasteiger partial charge in [-0.25, -0.2) is 4.39 Å². The van der Waals surface area contributed by atoms with Gasteiger partial charge in [0.25, 0.3) is 0 Å². The van der Waals surface area contributed by atoms with E-state index in [9.17, 15) is 9.18 Å². The van der Waals surface area contributed by atoms with Gasteiger partial charge in [0.05, 0.1) is 6.54 Å². The van der Waals surface area contributed by atoms with Gasteiger partial charge in [0.1, 0.15) is 5.82 Å². The zero-order valence-electron chi connectivity index (χ0n) is 10.4. The molecule has 1 aromatic rings. The predicted molar refractivity (Wildman–Crippen MR) is 64.3 cm³/mol. The summed E-state index contributed by atoms with van der Waals surface area (Å²) in [5.41, 5.74) is 1.13. The number of carbonyl (C=O) groups is 1. The van der Waals surface area contributed by atoms with Crippen LogP contribution in [0, 0.1) is 12.7 Å². The SMILES string of the molecule is Cc1cccc(CN(CC(=O)O)C(C)C)c1F. The number of carboxylic acids is 1. The van der Waals surface area contributed by atoms with Crippen LogP contribution in [-0.4, -0.2) is 28.6 Å². The molecule has 94 valence electrons. The van der Waals surface area contributed by atoms with Gasteiger partial charge in [0.15, 0.2) is 0 Å². The lowest BCUT2D eigenvalue weighted by molar-refractivity contribution is -0.139. The fourth-order valence-corrected chi connectivity index (χ4v) is 1.64. The number of benzene rings is 1. The molecular weight excluding hydrogens is 221 g/mol. The van der Waals surface area contributed by atoms with Crippen LogP contribution in [-0.2, 0) is 11.3 Å². The Labute approximate surface area is 101 Å². The quantitative estimate of drug-likeness (QED) is 0.858. The molecule has 0 aromatic heterocycles. The maximum atomic E-state index is 13.8. The highest BCUT2D eigenvalue weighted by Gasteiger charge is 2.16. The van der Waals surface area contributed by atoms with Crippen LogP contribution < -0.4 is 0 Å². The van der Waals surface area contributed by atoms with E-state index < -0.39 is 5.97 Å². The minimum Gasteiger partial charge on any atom is -0.480 e. The molecule has 0 amide bonds. The van der Waals surface area contributed by atoms with E-state index in [1.807, 2.05) is 13.8 Å². The number of hydrogen-bond donors (Lipinski definition) is 1. The average molecular weight is 239 g/mol. The molecule has 1 N–H and O–H groups in total. The van der Waals surface area contributed by atoms with Crippen LogP contribution in [0.1, 0.15) is 25.0 Å². The summed E-state index contributed by atoms with van der Waals surface area (Å²) in [6.45, 7) is 5.74. The van der Waals surface area contributed by atoms with Gasteiger partial charge >= 0.3 is 5.97 Å². The highest BCUT2D eigenvalue weighted by Crippen LogP contribution is 2.15. The summed E-state index contributed by atoms with van der Waals surface area (Å²) in [5.74, 6) is -1.14. The topological polar surface area (TPSA) is 40.5 Å². The third kappa shape index (κ3) is 3.82. The Hall–Kier alpha value is -1.42. The second-order valence-corrected chi connectivity index (χ2v) is 4.44. The van der Waals surface area contributed by atoms with Crippen LogP contribution in [0.3, 0.4) is 0 Å². The monoisotopic (exact) mass is 239 g/mol. The third-order valence-electron chi connectivity index (χ3n) is 2.71. The van der Waals surface area contributed by atoms with Gasteiger partial charge in [-0.1, -0.05) is 18.2 Å². The molecule has 0 radical (unpaired) electrons. The lowest BCUT2D eigenvalue weighted by atomic mass is 10.1. The van der Waals surface area contributed by atoms with E-state index in [4.69, 9.17) is 5.11 Å². The standard InChI is InChI=1S/C13H18FNO2/c1-9(2)15(8-12(16)17)7-11-6-4-5-10(3)13(11)14/h4-6,9H,7-8H2,1-3H3,(H,16,17). The molecule has 0 aliphatic rings. The molecule has 0 aliphatic carbocycles. The Bertz CT molecular complexity index is 404. The molecule has 0 unspecified atom stereocenters. The number of rotatable bonds is 5. The first-order valence-corrected chi connectivity index (χ1v) is 5.61. The van der Waals surface area contributed by atoms with Gasteiger partial charge in [0.2, 0.25) is 0 Å². The third-order valence-corrected chi connectivity index (χ3v) is 2.71. The zero-order chi connectivity index (χ0) is 13.0. The van der Waals surface area contributed by atoms with Gasteiger partial charge in [-0.15, -0.1) is 0 Å². The summed E-state index contributed by atoms with van der Waals surface area (Å²) < 4.78 is 13.8. The summed E-state index contributed by atoms with van der Waals surface area (Å²) in [4.78, 5) is 12.4. The molecule has 1 rings (SSSR count). The van der Waals surface area contributed by atoms with Crippen LogP contribution in [0.15, 0.2) is 18.2 Å². The Balaban J connectivity index is 2.86. The Morgan fingerprint density at radius 1 is 1.47 bits per heavy atom. The largest absolute Gasteiger partial charge is 0.480 e. The summed E-state index contributed by atoms with van der Waals surface area (Å²) >= 11 is 0. The Kier molecular flexibility index (Phi) is 4.63. The first-order valence-electron chi connectivity index (χ1n) is 5.61. The average Bonchev–Trinajstić information content (AvgIpc) is 2.22. The first-order chi connectivity index (χ1) is 7.91. The molecule has 0 atom stereocenters. The van der Waals surface area contributed by atoms with Crippen molar-refractivity contribution in [2.75, 3.05) is 6.54 Å². The van der Waals surface area contributed by atoms with Crippen molar-refractivity contribution in [3.63, 3.8) is 0 Å². The second-order valence-electron chi connectivity index (χ2n) is 4.44. The Morgan fingerprint density at radius 3 is 2.65 bits per heavy atom. The number of aryl methyl sites for hydroxylation is 1. The molecule has 0 heterocycles. The number of carboxylic acid groups (broad SMARTS) is 1. The fourth-order valence-electron chi connectivity index (χ4n) is 1.64. The van der Waals surface area contributed by atoms with Crippen molar-refractivity contribution in [2.45, 2.75) is 33.4 Å². The van der Waals surface area contributed by atoms with Crippen LogP contribution in [0.2, 0.25) is 0 Å². The summed E-state index contributed by atoms with van der Waals surface area (Å²) in [6, 6.07) is 5.24. The molecule has 0 saturated carbocycles. The number of aliphatic carboxylic acids is 1. The van der Waals surface area contributed by atoms with Crippen LogP contribution in [0.4, 0.5) is 4.39 Å². The van der Waals surface area contributed by atoms with E-state index in [0.29, 0.717) is 17.7 Å². The maximum absolute atomic E-state index is 13.8. The smallest absolute Gasteiger partial charge is 0.317 e. The molecular formula is C13H18FNO2. The van der Waals surface area contributed by atoms with E-state index in [-0.39, 0.29) is 18.4 Å². The van der Waals surface area contributed by atoms with Crippen LogP contribution >= 0.6 is 0 Å². The van der Waals surface area contributed by atoms with Crippen molar-refractivity contribution in [3.05, 3.63) is 35.1 Å². The normalized spacial score (nSPS) is 11.2. The van der Waals surface area contributed by atoms with E-state index in [1.54, 1.807) is 30.0 Å². The molecule has 4 heteroatoms. The van der Waals surface area contributed by atoms with Gasteiger partial charge in [-0.3, -0.25) is 9.69 Å². The van der Waals surface area contributed by atoms with Crippen molar-refractivity contribution in [1.82, 2.24) is 4.90 Å². The molecule has 1 aromatic carbocycles. The molecule has 0 aliphatic heterocycles. The molecule has 3 nitrogen and oxygen atoms in total. The maximum Gasteiger partial charge on any atom is 0.317 e. The first kappa shape index (κ1) is 13.6. The van der Waals surface area contributed by atoms with E-state index in [2.05, 4.69) is 0 Å². The van der Waals surface area contributed by atoms with Crippen molar-refractivity contribution in [2.24, 2.45) is 0 Å². The summed E-state index contributed by atoms with van der Waals surface area (Å²) in [7, 11) is 0. The second kappa shape index (κ2) is 5.77. The summed E-state index contributed by atoms with van der Waals surface area (Å²) in [5, 5.41) is 8.80. The Morgan fingerprint density at radius 2 is 2.12 bits per heavy atom. The van der Waals surface area contributed by atoms with Crippen molar-refractivity contribution < 1.29 is 14.3 Å². The van der Waals surface area contributed by atoms with Gasteiger partial charge in [-0.05, 0) is 26.3 Å². The molecule has 0 bridgehead atoms. The minimum atomic E-state index is -0.897. The summed E-state index contributed by atoms with van der Waals surface area (Å²) in [6.07, 6.45) is 0. The molecule has 0 fully saturated rings. The lowest BCUT2D eigenvalue weighted by Gasteiger charge is -2.24. The minimum absolute atomic E-state index is 0.0611. The van der Waals surface area contributed by atoms with Crippen LogP contribution in [0.25, 0.3) is 0 Å². The van der Waals surface area contributed by atoms with E-state index in [1.165, 1.54) is 0 Å². The zero-order valence-corrected chi connectivity index (χ0v) is 10.4. The fraction of sp³-hybridized carbons (Fsp3) is 0.462. The van der Waals surface area contributed by atoms with Crippen molar-refractivity contribution in [1.29, 1.82) is 0 Å². The number of nitrogens with zero attached hydrogens (tertiary/aromatic N) is 1. The highest BCUT2D eigenvalue weighted by atomic mass is 19.1. The molecule has 17 heavy (non-hydrogen) atoms. The van der Waals surface area contributed by atoms with E-state index in [0.717, 1.165) is 0 Å². The number of hydrogen-bond acceptors (Lipinski definition) is 2. The number of halogens is 1. The molecule has 0 saturated heterocycles. The van der Waals surface area contributed by atoms with E-state index >= 15 is 0 Å². The highest BCUT2D eigenvalue weighted by molar-refractivity contribution is 5.69. The van der Waals surface area contributed by atoms with Crippen molar-refractivity contribution in [3.8, 4) is 0 Å². The van der Waals surface area contributed by atoms with Crippen LogP contribution in [0.5, 0.6) is 0 Å².